The number of hydrogen-bond acceptors (Lipinski definition) is 4. The SMILES string of the molecule is CC(=O)Oc1ccc(/C=C(\C)C(=O)OCC(C)c2ccc(C(C)(C)C)cc2)cc1. The summed E-state index contributed by atoms with van der Waals surface area (Å²) in [6.07, 6.45) is 1.75. The second-order valence-corrected chi connectivity index (χ2v) is 8.36. The summed E-state index contributed by atoms with van der Waals surface area (Å²) in [6, 6.07) is 15.4. The molecular formula is C25H30O4. The number of rotatable bonds is 6. The number of esters is 2. The first-order valence-electron chi connectivity index (χ1n) is 9.80. The maximum Gasteiger partial charge on any atom is 0.333 e. The molecule has 0 aliphatic rings. The normalized spacial score (nSPS) is 13.0. The first-order valence-corrected chi connectivity index (χ1v) is 9.80. The van der Waals surface area contributed by atoms with Gasteiger partial charge in [-0.3, -0.25) is 4.79 Å². The van der Waals surface area contributed by atoms with Gasteiger partial charge in [0.05, 0.1) is 6.61 Å². The summed E-state index contributed by atoms with van der Waals surface area (Å²) in [5.74, 6) is -0.118. The molecule has 2 aromatic carbocycles. The molecule has 0 amide bonds. The van der Waals surface area contributed by atoms with Gasteiger partial charge in [0, 0.05) is 18.4 Å². The molecule has 0 fully saturated rings. The van der Waals surface area contributed by atoms with Gasteiger partial charge in [0.2, 0.25) is 0 Å². The number of carbonyl (C=O) groups is 2. The number of ether oxygens (including phenoxy) is 2. The Labute approximate surface area is 173 Å². The third-order valence-corrected chi connectivity index (χ3v) is 4.66. The predicted octanol–water partition coefficient (Wildman–Crippen LogP) is 5.66. The van der Waals surface area contributed by atoms with Crippen LogP contribution in [-0.2, 0) is 19.7 Å². The minimum Gasteiger partial charge on any atom is -0.462 e. The molecule has 0 aromatic heterocycles. The third kappa shape index (κ3) is 6.90. The van der Waals surface area contributed by atoms with E-state index in [2.05, 4.69) is 45.0 Å². The largest absolute Gasteiger partial charge is 0.462 e. The van der Waals surface area contributed by atoms with Crippen LogP contribution in [0.25, 0.3) is 6.08 Å². The molecule has 0 aliphatic carbocycles. The van der Waals surface area contributed by atoms with Crippen molar-refractivity contribution >= 4 is 18.0 Å². The van der Waals surface area contributed by atoms with E-state index in [1.165, 1.54) is 12.5 Å². The summed E-state index contributed by atoms with van der Waals surface area (Å²) in [6.45, 7) is 12.0. The molecule has 29 heavy (non-hydrogen) atoms. The molecule has 0 bridgehead atoms. The smallest absolute Gasteiger partial charge is 0.333 e. The highest BCUT2D eigenvalue weighted by Crippen LogP contribution is 2.25. The van der Waals surface area contributed by atoms with Crippen molar-refractivity contribution in [3.8, 4) is 5.75 Å². The second-order valence-electron chi connectivity index (χ2n) is 8.36. The van der Waals surface area contributed by atoms with Gasteiger partial charge < -0.3 is 9.47 Å². The summed E-state index contributed by atoms with van der Waals surface area (Å²) in [5, 5.41) is 0. The fourth-order valence-electron chi connectivity index (χ4n) is 2.83. The topological polar surface area (TPSA) is 52.6 Å². The molecule has 1 unspecified atom stereocenters. The van der Waals surface area contributed by atoms with Crippen LogP contribution in [-0.4, -0.2) is 18.5 Å². The van der Waals surface area contributed by atoms with Gasteiger partial charge in [-0.05, 0) is 47.2 Å². The summed E-state index contributed by atoms with van der Waals surface area (Å²) >= 11 is 0. The van der Waals surface area contributed by atoms with Gasteiger partial charge in [-0.15, -0.1) is 0 Å². The predicted molar refractivity (Wildman–Crippen MR) is 116 cm³/mol. The molecular weight excluding hydrogens is 364 g/mol. The Hall–Kier alpha value is -2.88. The Kier molecular flexibility index (Phi) is 7.38. The molecule has 2 aromatic rings. The highest BCUT2D eigenvalue weighted by Gasteiger charge is 2.15. The Morgan fingerprint density at radius 3 is 2.07 bits per heavy atom. The molecule has 0 spiro atoms. The van der Waals surface area contributed by atoms with E-state index in [1.807, 2.05) is 6.92 Å². The van der Waals surface area contributed by atoms with E-state index in [1.54, 1.807) is 37.3 Å². The Bertz CT molecular complexity index is 869. The maximum atomic E-state index is 12.3. The highest BCUT2D eigenvalue weighted by atomic mass is 16.5. The van der Waals surface area contributed by atoms with E-state index in [0.29, 0.717) is 17.9 Å². The number of carbonyl (C=O) groups excluding carboxylic acids is 2. The van der Waals surface area contributed by atoms with E-state index in [-0.39, 0.29) is 23.3 Å². The molecule has 0 heterocycles. The van der Waals surface area contributed by atoms with Gasteiger partial charge in [0.1, 0.15) is 5.75 Å². The lowest BCUT2D eigenvalue weighted by molar-refractivity contribution is -0.139. The monoisotopic (exact) mass is 394 g/mol. The van der Waals surface area contributed by atoms with Crippen LogP contribution in [0.2, 0.25) is 0 Å². The summed E-state index contributed by atoms with van der Waals surface area (Å²) in [7, 11) is 0. The van der Waals surface area contributed by atoms with E-state index >= 15 is 0 Å². The van der Waals surface area contributed by atoms with Crippen molar-refractivity contribution in [1.82, 2.24) is 0 Å². The van der Waals surface area contributed by atoms with Crippen LogP contribution in [0.5, 0.6) is 5.75 Å². The Morgan fingerprint density at radius 2 is 1.55 bits per heavy atom. The molecule has 2 rings (SSSR count). The van der Waals surface area contributed by atoms with Crippen molar-refractivity contribution in [3.05, 3.63) is 70.8 Å². The molecule has 154 valence electrons. The molecule has 4 heteroatoms. The van der Waals surface area contributed by atoms with Gasteiger partial charge in [-0.1, -0.05) is 64.1 Å². The molecule has 0 saturated heterocycles. The van der Waals surface area contributed by atoms with Gasteiger partial charge in [-0.25, -0.2) is 4.79 Å². The summed E-state index contributed by atoms with van der Waals surface area (Å²) < 4.78 is 10.5. The first kappa shape index (κ1) is 22.4. The number of hydrogen-bond donors (Lipinski definition) is 0. The van der Waals surface area contributed by atoms with Crippen molar-refractivity contribution in [2.24, 2.45) is 0 Å². The second kappa shape index (κ2) is 9.55. The lowest BCUT2D eigenvalue weighted by Crippen LogP contribution is -2.13. The Balaban J connectivity index is 1.93. The van der Waals surface area contributed by atoms with E-state index in [4.69, 9.17) is 9.47 Å². The van der Waals surface area contributed by atoms with Crippen LogP contribution in [0.4, 0.5) is 0 Å². The first-order chi connectivity index (χ1) is 13.6. The van der Waals surface area contributed by atoms with E-state index in [0.717, 1.165) is 11.1 Å². The highest BCUT2D eigenvalue weighted by molar-refractivity contribution is 5.93. The van der Waals surface area contributed by atoms with Gasteiger partial charge in [0.15, 0.2) is 0 Å². The zero-order chi connectivity index (χ0) is 21.6. The van der Waals surface area contributed by atoms with Crippen LogP contribution in [0.15, 0.2) is 54.1 Å². The summed E-state index contributed by atoms with van der Waals surface area (Å²) in [4.78, 5) is 23.3. The minimum atomic E-state index is -0.366. The molecule has 4 nitrogen and oxygen atoms in total. The Morgan fingerprint density at radius 1 is 0.966 bits per heavy atom. The van der Waals surface area contributed by atoms with Crippen molar-refractivity contribution in [2.75, 3.05) is 6.61 Å². The quantitative estimate of drug-likeness (QED) is 0.360. The van der Waals surface area contributed by atoms with Crippen LogP contribution >= 0.6 is 0 Å². The molecule has 0 saturated carbocycles. The van der Waals surface area contributed by atoms with Crippen molar-refractivity contribution in [2.45, 2.75) is 52.9 Å². The maximum absolute atomic E-state index is 12.3. The lowest BCUT2D eigenvalue weighted by Gasteiger charge is -2.20. The van der Waals surface area contributed by atoms with Gasteiger partial charge in [-0.2, -0.15) is 0 Å². The van der Waals surface area contributed by atoms with Crippen LogP contribution in [0.3, 0.4) is 0 Å². The lowest BCUT2D eigenvalue weighted by atomic mass is 9.86. The zero-order valence-corrected chi connectivity index (χ0v) is 18.1. The molecule has 1 atom stereocenters. The molecule has 0 N–H and O–H groups in total. The van der Waals surface area contributed by atoms with Crippen molar-refractivity contribution in [3.63, 3.8) is 0 Å². The zero-order valence-electron chi connectivity index (χ0n) is 18.1. The number of benzene rings is 2. The molecule has 0 aliphatic heterocycles. The minimum absolute atomic E-state index is 0.115. The van der Waals surface area contributed by atoms with Gasteiger partial charge >= 0.3 is 11.9 Å². The van der Waals surface area contributed by atoms with Gasteiger partial charge in [0.25, 0.3) is 0 Å². The van der Waals surface area contributed by atoms with Crippen LogP contribution in [0.1, 0.15) is 64.2 Å². The van der Waals surface area contributed by atoms with Crippen molar-refractivity contribution < 1.29 is 19.1 Å². The van der Waals surface area contributed by atoms with Crippen LogP contribution in [0, 0.1) is 0 Å². The standard InChI is InChI=1S/C25H30O4/c1-17(15-20-7-13-23(14-8-20)29-19(3)26)24(27)28-16-18(2)21-9-11-22(12-10-21)25(4,5)6/h7-15,18H,16H2,1-6H3/b17-15+. The fourth-order valence-corrected chi connectivity index (χ4v) is 2.83. The van der Waals surface area contributed by atoms with E-state index in [9.17, 15) is 9.59 Å². The fraction of sp³-hybridized carbons (Fsp3) is 0.360. The summed E-state index contributed by atoms with van der Waals surface area (Å²) in [5.41, 5.74) is 3.89. The average Bonchev–Trinajstić information content (AvgIpc) is 2.66. The third-order valence-electron chi connectivity index (χ3n) is 4.66. The van der Waals surface area contributed by atoms with Crippen LogP contribution < -0.4 is 4.74 Å². The average molecular weight is 395 g/mol. The van der Waals surface area contributed by atoms with Crippen molar-refractivity contribution in [1.29, 1.82) is 0 Å². The molecule has 0 radical (unpaired) electrons. The van der Waals surface area contributed by atoms with E-state index < -0.39 is 0 Å².